The average molecular weight is 456 g/mol. The molecule has 2 aromatic rings. The molecule has 0 aromatic heterocycles. The molecule has 0 radical (unpaired) electrons. The molecule has 1 aliphatic rings. The second-order valence-electron chi connectivity index (χ2n) is 8.09. The minimum absolute atomic E-state index is 0.100. The van der Waals surface area contributed by atoms with Crippen LogP contribution < -0.4 is 5.32 Å². The summed E-state index contributed by atoms with van der Waals surface area (Å²) in [4.78, 5) is 25.4. The Morgan fingerprint density at radius 2 is 1.66 bits per heavy atom. The van der Waals surface area contributed by atoms with Crippen molar-refractivity contribution in [1.29, 1.82) is 0 Å². The summed E-state index contributed by atoms with van der Waals surface area (Å²) < 4.78 is 0.952. The number of halogens is 1. The van der Waals surface area contributed by atoms with E-state index in [1.54, 1.807) is 6.92 Å². The van der Waals surface area contributed by atoms with Crippen LogP contribution in [0, 0.1) is 12.8 Å². The van der Waals surface area contributed by atoms with Crippen LogP contribution >= 0.6 is 15.9 Å². The van der Waals surface area contributed by atoms with E-state index in [-0.39, 0.29) is 18.0 Å². The van der Waals surface area contributed by atoms with Crippen molar-refractivity contribution in [3.63, 3.8) is 0 Å². The van der Waals surface area contributed by atoms with Crippen LogP contribution in [0.25, 0.3) is 0 Å². The van der Waals surface area contributed by atoms with Crippen molar-refractivity contribution in [1.82, 2.24) is 0 Å². The van der Waals surface area contributed by atoms with E-state index < -0.39 is 17.4 Å². The smallest absolute Gasteiger partial charge is 0.158 e. The maximum absolute atomic E-state index is 12.8. The van der Waals surface area contributed by atoms with Gasteiger partial charge in [-0.3, -0.25) is 9.59 Å². The second-order valence-corrected chi connectivity index (χ2v) is 9.01. The van der Waals surface area contributed by atoms with Gasteiger partial charge in [0.1, 0.15) is 5.78 Å². The van der Waals surface area contributed by atoms with E-state index in [0.29, 0.717) is 11.3 Å². The van der Waals surface area contributed by atoms with Gasteiger partial charge in [-0.2, -0.15) is 0 Å². The zero-order valence-corrected chi connectivity index (χ0v) is 18.7. The van der Waals surface area contributed by atoms with Crippen LogP contribution in [0.15, 0.2) is 64.3 Å². The van der Waals surface area contributed by atoms with Gasteiger partial charge < -0.3 is 10.4 Å². The highest BCUT2D eigenvalue weighted by Crippen LogP contribution is 2.47. The number of hydrogen-bond acceptors (Lipinski definition) is 4. The molecule has 3 atom stereocenters. The molecule has 152 valence electrons. The number of aliphatic hydroxyl groups is 1. The lowest BCUT2D eigenvalue weighted by molar-refractivity contribution is -0.131. The molecule has 0 spiro atoms. The molecule has 0 bridgehead atoms. The molecular formula is C24H26BrNO3. The molecule has 4 nitrogen and oxygen atoms in total. The normalized spacial score (nSPS) is 24.3. The fourth-order valence-electron chi connectivity index (χ4n) is 4.33. The van der Waals surface area contributed by atoms with Crippen LogP contribution in [0.5, 0.6) is 0 Å². The largest absolute Gasteiger partial charge is 0.389 e. The van der Waals surface area contributed by atoms with Gasteiger partial charge in [-0.05, 0) is 57.5 Å². The molecule has 0 unspecified atom stereocenters. The lowest BCUT2D eigenvalue weighted by atomic mass is 9.64. The molecule has 3 rings (SSSR count). The Balaban J connectivity index is 2.19. The van der Waals surface area contributed by atoms with Gasteiger partial charge in [0.05, 0.1) is 11.5 Å². The van der Waals surface area contributed by atoms with E-state index in [1.807, 2.05) is 55.5 Å². The SMILES string of the molecule is CC(=O)C1=C(Nc2ccc(Br)cc2)C[C@@](C)(O)[C@H](C(C)=O)[C@H]1c1ccc(C)cc1. The van der Waals surface area contributed by atoms with Crippen molar-refractivity contribution in [2.45, 2.75) is 45.6 Å². The van der Waals surface area contributed by atoms with Gasteiger partial charge in [0.2, 0.25) is 0 Å². The van der Waals surface area contributed by atoms with Gasteiger partial charge in [0.25, 0.3) is 0 Å². The highest BCUT2D eigenvalue weighted by Gasteiger charge is 2.49. The Kier molecular flexibility index (Phi) is 6.11. The highest BCUT2D eigenvalue weighted by atomic mass is 79.9. The molecule has 0 fully saturated rings. The van der Waals surface area contributed by atoms with Crippen molar-refractivity contribution in [2.24, 2.45) is 5.92 Å². The number of aryl methyl sites for hydroxylation is 1. The molecule has 0 saturated heterocycles. The lowest BCUT2D eigenvalue weighted by Crippen LogP contribution is -2.48. The Morgan fingerprint density at radius 3 is 2.17 bits per heavy atom. The first-order valence-corrected chi connectivity index (χ1v) is 10.5. The topological polar surface area (TPSA) is 66.4 Å². The molecule has 1 aliphatic carbocycles. The Bertz CT molecular complexity index is 959. The number of rotatable bonds is 5. The fourth-order valence-corrected chi connectivity index (χ4v) is 4.60. The van der Waals surface area contributed by atoms with Crippen molar-refractivity contribution < 1.29 is 14.7 Å². The third-order valence-electron chi connectivity index (χ3n) is 5.57. The maximum atomic E-state index is 12.8. The number of ketones is 2. The zero-order chi connectivity index (χ0) is 21.3. The summed E-state index contributed by atoms with van der Waals surface area (Å²) in [5, 5.41) is 14.6. The van der Waals surface area contributed by atoms with Gasteiger partial charge in [-0.1, -0.05) is 45.8 Å². The standard InChI is InChI=1S/C24H26BrNO3/c1-14-5-7-17(8-6-14)22-21(15(2)27)20(13-24(4,29)23(22)16(3)28)26-19-11-9-18(25)10-12-19/h5-12,22-23,26,29H,13H2,1-4H3/t22-,23+,24+/m0/s1. The van der Waals surface area contributed by atoms with Crippen molar-refractivity contribution in [2.75, 3.05) is 5.32 Å². The van der Waals surface area contributed by atoms with Crippen LogP contribution in [0.3, 0.4) is 0 Å². The van der Waals surface area contributed by atoms with E-state index >= 15 is 0 Å². The Hall–Kier alpha value is -2.24. The predicted molar refractivity (Wildman–Crippen MR) is 119 cm³/mol. The summed E-state index contributed by atoms with van der Waals surface area (Å²) in [7, 11) is 0. The summed E-state index contributed by atoms with van der Waals surface area (Å²) in [6.45, 7) is 6.69. The van der Waals surface area contributed by atoms with Gasteiger partial charge in [-0.15, -0.1) is 0 Å². The van der Waals surface area contributed by atoms with Crippen LogP contribution in [-0.2, 0) is 9.59 Å². The number of carbonyl (C=O) groups is 2. The van der Waals surface area contributed by atoms with Crippen molar-refractivity contribution >= 4 is 33.2 Å². The number of anilines is 1. The van der Waals surface area contributed by atoms with Crippen LogP contribution in [0.4, 0.5) is 5.69 Å². The number of carbonyl (C=O) groups excluding carboxylic acids is 2. The van der Waals surface area contributed by atoms with Gasteiger partial charge in [0, 0.05) is 33.8 Å². The Morgan fingerprint density at radius 1 is 1.07 bits per heavy atom. The van der Waals surface area contributed by atoms with Gasteiger partial charge in [-0.25, -0.2) is 0 Å². The summed E-state index contributed by atoms with van der Waals surface area (Å²) in [6, 6.07) is 15.4. The van der Waals surface area contributed by atoms with Crippen LogP contribution in [-0.4, -0.2) is 22.3 Å². The summed E-state index contributed by atoms with van der Waals surface area (Å²) in [5.41, 5.74) is 2.71. The summed E-state index contributed by atoms with van der Waals surface area (Å²) >= 11 is 3.42. The fraction of sp³-hybridized carbons (Fsp3) is 0.333. The summed E-state index contributed by atoms with van der Waals surface area (Å²) in [5.74, 6) is -1.43. The first kappa shape index (κ1) is 21.5. The number of hydrogen-bond donors (Lipinski definition) is 2. The van der Waals surface area contributed by atoms with Gasteiger partial charge >= 0.3 is 0 Å². The number of nitrogens with one attached hydrogen (secondary N) is 1. The quantitative estimate of drug-likeness (QED) is 0.653. The van der Waals surface area contributed by atoms with Crippen molar-refractivity contribution in [3.05, 3.63) is 75.4 Å². The molecule has 5 heteroatoms. The zero-order valence-electron chi connectivity index (χ0n) is 17.1. The van der Waals surface area contributed by atoms with Crippen LogP contribution in [0.1, 0.15) is 44.2 Å². The third-order valence-corrected chi connectivity index (χ3v) is 6.10. The molecule has 0 saturated carbocycles. The molecule has 0 heterocycles. The summed E-state index contributed by atoms with van der Waals surface area (Å²) in [6.07, 6.45) is 0.199. The minimum Gasteiger partial charge on any atom is -0.389 e. The minimum atomic E-state index is -1.28. The highest BCUT2D eigenvalue weighted by molar-refractivity contribution is 9.10. The van der Waals surface area contributed by atoms with E-state index in [1.165, 1.54) is 13.8 Å². The first-order valence-electron chi connectivity index (χ1n) is 9.66. The van der Waals surface area contributed by atoms with Crippen LogP contribution in [0.2, 0.25) is 0 Å². The molecule has 2 N–H and O–H groups in total. The molecule has 2 aromatic carbocycles. The van der Waals surface area contributed by atoms with E-state index in [0.717, 1.165) is 21.3 Å². The average Bonchev–Trinajstić information content (AvgIpc) is 2.62. The Labute approximate surface area is 180 Å². The van der Waals surface area contributed by atoms with E-state index in [2.05, 4.69) is 21.2 Å². The van der Waals surface area contributed by atoms with Crippen molar-refractivity contribution in [3.8, 4) is 0 Å². The van der Waals surface area contributed by atoms with E-state index in [4.69, 9.17) is 0 Å². The number of benzene rings is 2. The number of allylic oxidation sites excluding steroid dienone is 1. The molecule has 0 amide bonds. The molecular weight excluding hydrogens is 430 g/mol. The number of Topliss-reactive ketones (excluding diaryl/α,β-unsaturated/α-hetero) is 2. The maximum Gasteiger partial charge on any atom is 0.158 e. The first-order chi connectivity index (χ1) is 13.6. The van der Waals surface area contributed by atoms with E-state index in [9.17, 15) is 14.7 Å². The molecule has 0 aliphatic heterocycles. The molecule has 29 heavy (non-hydrogen) atoms. The lowest BCUT2D eigenvalue weighted by Gasteiger charge is -2.43. The predicted octanol–water partition coefficient (Wildman–Crippen LogP) is 5.16. The monoisotopic (exact) mass is 455 g/mol. The second kappa shape index (κ2) is 8.25. The van der Waals surface area contributed by atoms with Gasteiger partial charge in [0.15, 0.2) is 5.78 Å². The third kappa shape index (κ3) is 4.51.